The van der Waals surface area contributed by atoms with E-state index in [1.807, 2.05) is 0 Å². The number of aliphatic imine (C=N–C) groups is 1. The summed E-state index contributed by atoms with van der Waals surface area (Å²) >= 11 is 1.29. The molecule has 0 atom stereocenters. The zero-order valence-corrected chi connectivity index (χ0v) is 10.1. The molecule has 0 bridgehead atoms. The predicted molar refractivity (Wildman–Crippen MR) is 67.2 cm³/mol. The number of rotatable bonds is 2. The lowest BCUT2D eigenvalue weighted by molar-refractivity contribution is -0.384. The van der Waals surface area contributed by atoms with Crippen LogP contribution >= 0.6 is 11.8 Å². The SMILES string of the molecule is CSC(=Nc1ccc([N+](=O)[O-])cc1C)NC#N. The van der Waals surface area contributed by atoms with Crippen LogP contribution in [0.1, 0.15) is 5.56 Å². The van der Waals surface area contributed by atoms with Crippen LogP contribution in [-0.2, 0) is 0 Å². The van der Waals surface area contributed by atoms with Crippen molar-refractivity contribution >= 4 is 28.3 Å². The van der Waals surface area contributed by atoms with E-state index in [-0.39, 0.29) is 5.69 Å². The Bertz CT molecular complexity index is 508. The first-order valence-corrected chi connectivity index (χ1v) is 5.83. The third-order valence-electron chi connectivity index (χ3n) is 1.97. The van der Waals surface area contributed by atoms with Crippen molar-refractivity contribution in [2.45, 2.75) is 6.92 Å². The van der Waals surface area contributed by atoms with Gasteiger partial charge in [0.2, 0.25) is 0 Å². The lowest BCUT2D eigenvalue weighted by atomic mass is 10.2. The monoisotopic (exact) mass is 250 g/mol. The van der Waals surface area contributed by atoms with Gasteiger partial charge in [0, 0.05) is 12.1 Å². The maximum absolute atomic E-state index is 10.6. The highest BCUT2D eigenvalue weighted by Gasteiger charge is 2.08. The van der Waals surface area contributed by atoms with Crippen molar-refractivity contribution in [1.82, 2.24) is 5.32 Å². The number of nitro benzene ring substituents is 1. The van der Waals surface area contributed by atoms with E-state index in [1.54, 1.807) is 25.4 Å². The zero-order valence-electron chi connectivity index (χ0n) is 9.30. The largest absolute Gasteiger partial charge is 0.271 e. The lowest BCUT2D eigenvalue weighted by Crippen LogP contribution is -2.12. The van der Waals surface area contributed by atoms with Gasteiger partial charge >= 0.3 is 0 Å². The van der Waals surface area contributed by atoms with Gasteiger partial charge < -0.3 is 0 Å². The molecule has 1 rings (SSSR count). The molecule has 0 spiro atoms. The van der Waals surface area contributed by atoms with Gasteiger partial charge in [0.1, 0.15) is 0 Å². The molecule has 17 heavy (non-hydrogen) atoms. The van der Waals surface area contributed by atoms with Crippen LogP contribution in [0.5, 0.6) is 0 Å². The number of hydrogen-bond donors (Lipinski definition) is 1. The third-order valence-corrected chi connectivity index (χ3v) is 2.55. The molecule has 0 fully saturated rings. The summed E-state index contributed by atoms with van der Waals surface area (Å²) in [6, 6.07) is 4.39. The first-order chi connectivity index (χ1) is 8.08. The Kier molecular flexibility index (Phi) is 4.48. The van der Waals surface area contributed by atoms with Gasteiger partial charge in [-0.15, -0.1) is 0 Å². The molecule has 0 radical (unpaired) electrons. The molecule has 0 aliphatic carbocycles. The Morgan fingerprint density at radius 1 is 1.65 bits per heavy atom. The average Bonchev–Trinajstić information content (AvgIpc) is 2.30. The van der Waals surface area contributed by atoms with Crippen molar-refractivity contribution < 1.29 is 4.92 Å². The lowest BCUT2D eigenvalue weighted by Gasteiger charge is -2.02. The number of hydrogen-bond acceptors (Lipinski definition) is 5. The fraction of sp³-hybridized carbons (Fsp3) is 0.200. The van der Waals surface area contributed by atoms with E-state index in [0.29, 0.717) is 16.4 Å². The molecule has 0 heterocycles. The quantitative estimate of drug-likeness (QED) is 0.217. The molecule has 88 valence electrons. The molecule has 1 N–H and O–H groups in total. The van der Waals surface area contributed by atoms with Gasteiger partial charge in [-0.25, -0.2) is 4.99 Å². The molecule has 6 nitrogen and oxygen atoms in total. The van der Waals surface area contributed by atoms with Gasteiger partial charge in [0.15, 0.2) is 11.4 Å². The van der Waals surface area contributed by atoms with E-state index in [4.69, 9.17) is 5.26 Å². The fourth-order valence-electron chi connectivity index (χ4n) is 1.16. The molecule has 0 aliphatic rings. The van der Waals surface area contributed by atoms with Crippen LogP contribution in [0.4, 0.5) is 11.4 Å². The van der Waals surface area contributed by atoms with E-state index >= 15 is 0 Å². The van der Waals surface area contributed by atoms with Crippen LogP contribution in [0, 0.1) is 28.5 Å². The van der Waals surface area contributed by atoms with Crippen LogP contribution in [0.15, 0.2) is 23.2 Å². The maximum atomic E-state index is 10.6. The average molecular weight is 250 g/mol. The Labute approximate surface area is 103 Å². The number of nitrogens with zero attached hydrogens (tertiary/aromatic N) is 3. The van der Waals surface area contributed by atoms with E-state index < -0.39 is 4.92 Å². The highest BCUT2D eigenvalue weighted by Crippen LogP contribution is 2.24. The minimum atomic E-state index is -0.455. The number of aryl methyl sites for hydroxylation is 1. The van der Waals surface area contributed by atoms with Gasteiger partial charge in [-0.1, -0.05) is 11.8 Å². The number of non-ortho nitro benzene ring substituents is 1. The zero-order chi connectivity index (χ0) is 12.8. The third kappa shape index (κ3) is 3.46. The molecule has 0 unspecified atom stereocenters. The molecular weight excluding hydrogens is 240 g/mol. The summed E-state index contributed by atoms with van der Waals surface area (Å²) in [4.78, 5) is 14.3. The number of nitro groups is 1. The van der Waals surface area contributed by atoms with Gasteiger partial charge in [0.25, 0.3) is 5.69 Å². The topological polar surface area (TPSA) is 91.3 Å². The predicted octanol–water partition coefficient (Wildman–Crippen LogP) is 2.32. The number of nitrogens with one attached hydrogen (secondary N) is 1. The van der Waals surface area contributed by atoms with Crippen LogP contribution in [0.25, 0.3) is 0 Å². The summed E-state index contributed by atoms with van der Waals surface area (Å²) in [6.07, 6.45) is 3.56. The van der Waals surface area contributed by atoms with Gasteiger partial charge in [-0.05, 0) is 24.8 Å². The van der Waals surface area contributed by atoms with E-state index in [9.17, 15) is 10.1 Å². The van der Waals surface area contributed by atoms with Crippen molar-refractivity contribution in [1.29, 1.82) is 5.26 Å². The highest BCUT2D eigenvalue weighted by molar-refractivity contribution is 8.13. The van der Waals surface area contributed by atoms with E-state index in [0.717, 1.165) is 0 Å². The fourth-order valence-corrected chi connectivity index (χ4v) is 1.50. The Balaban J connectivity index is 3.08. The Hall–Kier alpha value is -2.07. The standard InChI is InChI=1S/C10H10N4O2S/c1-7-5-8(14(15)16)3-4-9(7)13-10(17-2)12-6-11/h3-5H,1-2H3,(H,12,13). The summed E-state index contributed by atoms with van der Waals surface area (Å²) in [5, 5.41) is 21.9. The second-order valence-electron chi connectivity index (χ2n) is 3.09. The van der Waals surface area contributed by atoms with Crippen molar-refractivity contribution in [2.75, 3.05) is 6.26 Å². The normalized spacial score (nSPS) is 10.8. The minimum absolute atomic E-state index is 0.0281. The van der Waals surface area contributed by atoms with Crippen molar-refractivity contribution in [3.8, 4) is 6.19 Å². The highest BCUT2D eigenvalue weighted by atomic mass is 32.2. The maximum Gasteiger partial charge on any atom is 0.269 e. The minimum Gasteiger partial charge on any atom is -0.271 e. The van der Waals surface area contributed by atoms with E-state index in [2.05, 4.69) is 10.3 Å². The Morgan fingerprint density at radius 2 is 2.35 bits per heavy atom. The van der Waals surface area contributed by atoms with Crippen molar-refractivity contribution in [3.63, 3.8) is 0 Å². The van der Waals surface area contributed by atoms with Gasteiger partial charge in [-0.2, -0.15) is 5.26 Å². The first kappa shape index (κ1) is 13.0. The number of thioether (sulfide) groups is 1. The summed E-state index contributed by atoms with van der Waals surface area (Å²) in [5.74, 6) is 0. The Morgan fingerprint density at radius 3 is 2.82 bits per heavy atom. The molecule has 1 aromatic carbocycles. The molecule has 1 aromatic rings. The van der Waals surface area contributed by atoms with Crippen molar-refractivity contribution in [2.24, 2.45) is 4.99 Å². The summed E-state index contributed by atoms with van der Waals surface area (Å²) in [7, 11) is 0. The van der Waals surface area contributed by atoms with Crippen molar-refractivity contribution in [3.05, 3.63) is 33.9 Å². The molecule has 0 aliphatic heterocycles. The number of amidine groups is 1. The summed E-state index contributed by atoms with van der Waals surface area (Å²) in [5.41, 5.74) is 1.31. The molecule has 0 aromatic heterocycles. The van der Waals surface area contributed by atoms with E-state index in [1.165, 1.54) is 23.9 Å². The number of benzene rings is 1. The van der Waals surface area contributed by atoms with Crippen LogP contribution in [0.2, 0.25) is 0 Å². The molecule has 0 amide bonds. The molecule has 7 heteroatoms. The van der Waals surface area contributed by atoms with Gasteiger partial charge in [-0.3, -0.25) is 15.4 Å². The molecular formula is C10H10N4O2S. The van der Waals surface area contributed by atoms with Crippen LogP contribution in [0.3, 0.4) is 0 Å². The number of nitriles is 1. The van der Waals surface area contributed by atoms with Crippen LogP contribution < -0.4 is 5.32 Å². The smallest absolute Gasteiger partial charge is 0.269 e. The first-order valence-electron chi connectivity index (χ1n) is 4.61. The summed E-state index contributed by atoms with van der Waals surface area (Å²) in [6.45, 7) is 1.73. The van der Waals surface area contributed by atoms with Gasteiger partial charge in [0.05, 0.1) is 10.6 Å². The molecule has 0 saturated carbocycles. The molecule has 0 saturated heterocycles. The second kappa shape index (κ2) is 5.86. The van der Waals surface area contributed by atoms with Crippen LogP contribution in [-0.4, -0.2) is 16.3 Å². The second-order valence-corrected chi connectivity index (χ2v) is 3.88. The summed E-state index contributed by atoms with van der Waals surface area (Å²) < 4.78 is 0.